The van der Waals surface area contributed by atoms with Crippen LogP contribution in [0.25, 0.3) is 0 Å². The van der Waals surface area contributed by atoms with Crippen LogP contribution >= 0.6 is 27.5 Å². The topological polar surface area (TPSA) is 47.6 Å². The Labute approximate surface area is 143 Å². The van der Waals surface area contributed by atoms with Crippen LogP contribution < -0.4 is 5.32 Å². The minimum Gasteiger partial charge on any atom is -0.349 e. The molecule has 2 fully saturated rings. The van der Waals surface area contributed by atoms with Crippen LogP contribution in [0.5, 0.6) is 0 Å². The second-order valence-electron chi connectivity index (χ2n) is 5.86. The third kappa shape index (κ3) is 3.65. The third-order valence-corrected chi connectivity index (χ3v) is 5.02. The molecular weight excluding hydrogens is 370 g/mol. The van der Waals surface area contributed by atoms with E-state index < -0.39 is 5.79 Å². The Kier molecular flexibility index (Phi) is 5.07. The number of carbonyl (C=O) groups excluding carboxylic acids is 1. The van der Waals surface area contributed by atoms with Crippen molar-refractivity contribution in [1.82, 2.24) is 5.32 Å². The smallest absolute Gasteiger partial charge is 0.252 e. The average molecular weight is 389 g/mol. The van der Waals surface area contributed by atoms with E-state index >= 15 is 0 Å². The fourth-order valence-electron chi connectivity index (χ4n) is 3.04. The molecule has 1 atom stereocenters. The molecule has 3 rings (SSSR count). The Morgan fingerprint density at radius 2 is 2.14 bits per heavy atom. The molecule has 22 heavy (non-hydrogen) atoms. The highest BCUT2D eigenvalue weighted by atomic mass is 79.9. The van der Waals surface area contributed by atoms with E-state index in [1.54, 1.807) is 18.2 Å². The van der Waals surface area contributed by atoms with Gasteiger partial charge in [0.1, 0.15) is 6.10 Å². The van der Waals surface area contributed by atoms with Crippen LogP contribution in [0.2, 0.25) is 5.02 Å². The number of carbonyl (C=O) groups is 1. The van der Waals surface area contributed by atoms with E-state index in [0.717, 1.165) is 30.2 Å². The molecule has 120 valence electrons. The highest BCUT2D eigenvalue weighted by Crippen LogP contribution is 2.37. The van der Waals surface area contributed by atoms with Gasteiger partial charge in [0.2, 0.25) is 0 Å². The van der Waals surface area contributed by atoms with E-state index in [-0.39, 0.29) is 12.0 Å². The first-order valence-corrected chi connectivity index (χ1v) is 8.80. The van der Waals surface area contributed by atoms with E-state index in [1.165, 1.54) is 6.42 Å². The predicted octanol–water partition coefficient (Wildman–Crippen LogP) is 3.91. The van der Waals surface area contributed by atoms with Crippen LogP contribution in [-0.4, -0.2) is 30.9 Å². The van der Waals surface area contributed by atoms with Gasteiger partial charge in [-0.3, -0.25) is 4.79 Å². The minimum atomic E-state index is -0.402. The zero-order chi connectivity index (χ0) is 15.6. The average Bonchev–Trinajstić information content (AvgIpc) is 2.91. The van der Waals surface area contributed by atoms with Gasteiger partial charge in [-0.15, -0.1) is 0 Å². The van der Waals surface area contributed by atoms with Gasteiger partial charge in [-0.2, -0.15) is 0 Å². The van der Waals surface area contributed by atoms with Crippen LogP contribution in [0.4, 0.5) is 0 Å². The lowest BCUT2D eigenvalue weighted by atomic mass is 9.94. The Morgan fingerprint density at radius 1 is 1.36 bits per heavy atom. The summed E-state index contributed by atoms with van der Waals surface area (Å²) in [5.41, 5.74) is 0.460. The lowest BCUT2D eigenvalue weighted by Gasteiger charge is -2.31. The van der Waals surface area contributed by atoms with Gasteiger partial charge < -0.3 is 14.8 Å². The summed E-state index contributed by atoms with van der Waals surface area (Å²) in [5.74, 6) is -0.597. The Morgan fingerprint density at radius 3 is 2.91 bits per heavy atom. The maximum atomic E-state index is 12.2. The summed E-state index contributed by atoms with van der Waals surface area (Å²) in [5, 5.41) is 3.32. The fourth-order valence-corrected chi connectivity index (χ4v) is 3.61. The molecule has 1 amide bonds. The number of amides is 1. The summed E-state index contributed by atoms with van der Waals surface area (Å²) in [7, 11) is 0. The van der Waals surface area contributed by atoms with Crippen LogP contribution in [-0.2, 0) is 9.47 Å². The fraction of sp³-hybridized carbons (Fsp3) is 0.562. The first kappa shape index (κ1) is 16.2. The second-order valence-corrected chi connectivity index (χ2v) is 7.18. The van der Waals surface area contributed by atoms with Crippen LogP contribution in [0.3, 0.4) is 0 Å². The molecule has 4 nitrogen and oxygen atoms in total. The third-order valence-electron chi connectivity index (χ3n) is 4.19. The van der Waals surface area contributed by atoms with Gasteiger partial charge in [-0.25, -0.2) is 0 Å². The first-order valence-electron chi connectivity index (χ1n) is 7.63. The molecule has 1 saturated carbocycles. The van der Waals surface area contributed by atoms with Crippen molar-refractivity contribution in [2.24, 2.45) is 0 Å². The van der Waals surface area contributed by atoms with Crippen molar-refractivity contribution >= 4 is 33.4 Å². The molecular formula is C16H19BrClNO3. The highest BCUT2D eigenvalue weighted by molar-refractivity contribution is 9.10. The van der Waals surface area contributed by atoms with E-state index in [2.05, 4.69) is 21.2 Å². The molecule has 1 aromatic carbocycles. The zero-order valence-corrected chi connectivity index (χ0v) is 14.6. The molecule has 1 aliphatic carbocycles. The van der Waals surface area contributed by atoms with Gasteiger partial charge in [-0.05, 0) is 31.0 Å². The maximum Gasteiger partial charge on any atom is 0.252 e. The summed E-state index contributed by atoms with van der Waals surface area (Å²) >= 11 is 9.41. The van der Waals surface area contributed by atoms with Crippen molar-refractivity contribution in [1.29, 1.82) is 0 Å². The van der Waals surface area contributed by atoms with E-state index in [4.69, 9.17) is 21.1 Å². The van der Waals surface area contributed by atoms with Crippen LogP contribution in [0.1, 0.15) is 42.5 Å². The van der Waals surface area contributed by atoms with E-state index in [0.29, 0.717) is 23.7 Å². The van der Waals surface area contributed by atoms with E-state index in [1.807, 2.05) is 0 Å². The Balaban J connectivity index is 1.54. The largest absolute Gasteiger partial charge is 0.349 e. The summed E-state index contributed by atoms with van der Waals surface area (Å²) < 4.78 is 12.7. The molecule has 1 saturated heterocycles. The number of ether oxygens (including phenoxy) is 2. The summed E-state index contributed by atoms with van der Waals surface area (Å²) in [6.45, 7) is 0.968. The van der Waals surface area contributed by atoms with Crippen LogP contribution in [0, 0.1) is 0 Å². The second kappa shape index (κ2) is 6.87. The minimum absolute atomic E-state index is 0.0898. The molecule has 1 N–H and O–H groups in total. The first-order chi connectivity index (χ1) is 10.6. The SMILES string of the molecule is O=C(NC[C@H]1COC2(CCCCC2)O1)c1cc(Br)ccc1Cl. The number of nitrogens with one attached hydrogen (secondary N) is 1. The van der Waals surface area contributed by atoms with Gasteiger partial charge in [-0.1, -0.05) is 34.0 Å². The maximum absolute atomic E-state index is 12.2. The molecule has 0 unspecified atom stereocenters. The van der Waals surface area contributed by atoms with Crippen molar-refractivity contribution < 1.29 is 14.3 Å². The van der Waals surface area contributed by atoms with Crippen molar-refractivity contribution in [2.45, 2.75) is 44.0 Å². The van der Waals surface area contributed by atoms with Gasteiger partial charge in [0, 0.05) is 23.9 Å². The summed E-state index contributed by atoms with van der Waals surface area (Å²) in [6, 6.07) is 5.22. The Hall–Kier alpha value is -0.620. The van der Waals surface area contributed by atoms with Crippen molar-refractivity contribution in [3.05, 3.63) is 33.3 Å². The summed E-state index contributed by atoms with van der Waals surface area (Å²) in [6.07, 6.45) is 5.36. The van der Waals surface area contributed by atoms with Crippen LogP contribution in [0.15, 0.2) is 22.7 Å². The molecule has 0 radical (unpaired) electrons. The lowest BCUT2D eigenvalue weighted by Crippen LogP contribution is -2.37. The molecule has 2 aliphatic rings. The molecule has 1 spiro atoms. The van der Waals surface area contributed by atoms with Gasteiger partial charge >= 0.3 is 0 Å². The standard InChI is InChI=1S/C16H19BrClNO3/c17-11-4-5-14(18)13(8-11)15(20)19-9-12-10-21-16(22-12)6-2-1-3-7-16/h4-5,8,12H,1-3,6-7,9-10H2,(H,19,20)/t12-/m0/s1. The number of benzene rings is 1. The van der Waals surface area contributed by atoms with Gasteiger partial charge in [0.25, 0.3) is 5.91 Å². The zero-order valence-electron chi connectivity index (χ0n) is 12.2. The highest BCUT2D eigenvalue weighted by Gasteiger charge is 2.42. The number of halogens is 2. The monoisotopic (exact) mass is 387 g/mol. The number of hydrogen-bond acceptors (Lipinski definition) is 3. The van der Waals surface area contributed by atoms with Crippen molar-refractivity contribution in [3.63, 3.8) is 0 Å². The molecule has 1 heterocycles. The van der Waals surface area contributed by atoms with Gasteiger partial charge in [0.05, 0.1) is 17.2 Å². The quantitative estimate of drug-likeness (QED) is 0.854. The predicted molar refractivity (Wildman–Crippen MR) is 88.1 cm³/mol. The molecule has 1 aliphatic heterocycles. The normalized spacial score (nSPS) is 23.6. The molecule has 6 heteroatoms. The van der Waals surface area contributed by atoms with E-state index in [9.17, 15) is 4.79 Å². The number of hydrogen-bond donors (Lipinski definition) is 1. The van der Waals surface area contributed by atoms with Crippen molar-refractivity contribution in [3.8, 4) is 0 Å². The van der Waals surface area contributed by atoms with Gasteiger partial charge in [0.15, 0.2) is 5.79 Å². The molecule has 0 aromatic heterocycles. The number of rotatable bonds is 3. The lowest BCUT2D eigenvalue weighted by molar-refractivity contribution is -0.186. The molecule has 1 aromatic rings. The summed E-state index contributed by atoms with van der Waals surface area (Å²) in [4.78, 5) is 12.2. The van der Waals surface area contributed by atoms with Crippen molar-refractivity contribution in [2.75, 3.05) is 13.2 Å². The molecule has 0 bridgehead atoms. The Bertz CT molecular complexity index is 560.